The van der Waals surface area contributed by atoms with Crippen LogP contribution in [0.5, 0.6) is 0 Å². The Bertz CT molecular complexity index is 367. The molecule has 0 saturated carbocycles. The molecular weight excluding hydrogens is 247 g/mol. The number of ether oxygens (including phenoxy) is 1. The van der Waals surface area contributed by atoms with Crippen molar-refractivity contribution in [2.45, 2.75) is 25.0 Å². The highest BCUT2D eigenvalue weighted by molar-refractivity contribution is 6.42. The summed E-state index contributed by atoms with van der Waals surface area (Å²) in [7, 11) is 0. The zero-order valence-corrected chi connectivity index (χ0v) is 10.3. The highest BCUT2D eigenvalue weighted by atomic mass is 35.5. The van der Waals surface area contributed by atoms with Crippen molar-refractivity contribution in [1.82, 2.24) is 5.43 Å². The minimum absolute atomic E-state index is 0.0703. The second-order valence-corrected chi connectivity index (χ2v) is 4.62. The van der Waals surface area contributed by atoms with E-state index in [1.807, 2.05) is 12.1 Å². The Morgan fingerprint density at radius 1 is 1.44 bits per heavy atom. The number of rotatable bonds is 3. The normalized spacial score (nSPS) is 22.3. The van der Waals surface area contributed by atoms with Gasteiger partial charge in [0.05, 0.1) is 22.2 Å². The smallest absolute Gasteiger partial charge is 0.0784 e. The summed E-state index contributed by atoms with van der Waals surface area (Å²) in [5, 5.41) is 1.08. The molecule has 0 bridgehead atoms. The Morgan fingerprint density at radius 2 is 2.25 bits per heavy atom. The van der Waals surface area contributed by atoms with Crippen LogP contribution in [0.2, 0.25) is 10.0 Å². The molecule has 1 aliphatic heterocycles. The van der Waals surface area contributed by atoms with Crippen LogP contribution in [0.1, 0.15) is 24.4 Å². The zero-order valence-electron chi connectivity index (χ0n) is 8.75. The van der Waals surface area contributed by atoms with Gasteiger partial charge in [0.1, 0.15) is 0 Å². The number of halogens is 2. The molecule has 1 aromatic rings. The Morgan fingerprint density at radius 3 is 2.88 bits per heavy atom. The van der Waals surface area contributed by atoms with E-state index >= 15 is 0 Å². The number of nitrogens with one attached hydrogen (secondary N) is 1. The predicted octanol–water partition coefficient (Wildman–Crippen LogP) is 2.68. The van der Waals surface area contributed by atoms with Crippen molar-refractivity contribution in [2.75, 3.05) is 6.61 Å². The lowest BCUT2D eigenvalue weighted by Crippen LogP contribution is -2.36. The van der Waals surface area contributed by atoms with Gasteiger partial charge in [-0.15, -0.1) is 0 Å². The van der Waals surface area contributed by atoms with Gasteiger partial charge >= 0.3 is 0 Å². The van der Waals surface area contributed by atoms with Crippen molar-refractivity contribution in [2.24, 2.45) is 5.84 Å². The van der Waals surface area contributed by atoms with E-state index in [1.165, 1.54) is 0 Å². The van der Waals surface area contributed by atoms with E-state index in [-0.39, 0.29) is 12.1 Å². The maximum Gasteiger partial charge on any atom is 0.0784 e. The quantitative estimate of drug-likeness (QED) is 0.649. The van der Waals surface area contributed by atoms with Crippen LogP contribution >= 0.6 is 23.2 Å². The highest BCUT2D eigenvalue weighted by Crippen LogP contribution is 2.34. The summed E-state index contributed by atoms with van der Waals surface area (Å²) in [5.74, 6) is 5.57. The lowest BCUT2D eigenvalue weighted by atomic mass is 10.00. The van der Waals surface area contributed by atoms with Crippen LogP contribution in [0.25, 0.3) is 0 Å². The van der Waals surface area contributed by atoms with Gasteiger partial charge in [-0.2, -0.15) is 0 Å². The molecule has 0 aliphatic carbocycles. The van der Waals surface area contributed by atoms with Gasteiger partial charge in [0.2, 0.25) is 0 Å². The fourth-order valence-corrected chi connectivity index (χ4v) is 2.45. The topological polar surface area (TPSA) is 47.3 Å². The summed E-state index contributed by atoms with van der Waals surface area (Å²) in [6.45, 7) is 0.779. The number of hydrogen-bond donors (Lipinski definition) is 2. The monoisotopic (exact) mass is 260 g/mol. The molecule has 0 aromatic heterocycles. The molecule has 0 spiro atoms. The molecule has 1 aromatic carbocycles. The van der Waals surface area contributed by atoms with Crippen LogP contribution < -0.4 is 11.3 Å². The molecule has 0 amide bonds. The average Bonchev–Trinajstić information content (AvgIpc) is 2.79. The van der Waals surface area contributed by atoms with Crippen LogP contribution in [0.3, 0.4) is 0 Å². The Balaban J connectivity index is 2.28. The van der Waals surface area contributed by atoms with E-state index in [9.17, 15) is 0 Å². The molecule has 88 valence electrons. The van der Waals surface area contributed by atoms with Crippen LogP contribution in [0.4, 0.5) is 0 Å². The number of hydrazine groups is 1. The Hall–Kier alpha value is -0.320. The molecular formula is C11H14Cl2N2O. The first kappa shape index (κ1) is 12.1. The van der Waals surface area contributed by atoms with Crippen LogP contribution in [0, 0.1) is 0 Å². The summed E-state index contributed by atoms with van der Waals surface area (Å²) < 4.78 is 5.61. The maximum atomic E-state index is 6.16. The number of nitrogens with two attached hydrogens (primary N) is 1. The summed E-state index contributed by atoms with van der Waals surface area (Å²) >= 11 is 12.1. The molecule has 1 saturated heterocycles. The molecule has 3 N–H and O–H groups in total. The van der Waals surface area contributed by atoms with Crippen molar-refractivity contribution < 1.29 is 4.74 Å². The molecule has 2 rings (SSSR count). The van der Waals surface area contributed by atoms with Gasteiger partial charge in [-0.3, -0.25) is 11.3 Å². The van der Waals surface area contributed by atoms with E-state index in [0.717, 1.165) is 25.0 Å². The van der Waals surface area contributed by atoms with E-state index in [1.54, 1.807) is 6.07 Å². The van der Waals surface area contributed by atoms with Gasteiger partial charge < -0.3 is 4.74 Å². The van der Waals surface area contributed by atoms with Gasteiger partial charge in [0, 0.05) is 6.61 Å². The van der Waals surface area contributed by atoms with Gasteiger partial charge in [-0.05, 0) is 24.5 Å². The summed E-state index contributed by atoms with van der Waals surface area (Å²) in [6, 6.07) is 5.44. The minimum Gasteiger partial charge on any atom is -0.376 e. The molecule has 16 heavy (non-hydrogen) atoms. The third-order valence-electron chi connectivity index (χ3n) is 2.83. The molecule has 2 atom stereocenters. The van der Waals surface area contributed by atoms with Crippen molar-refractivity contribution in [3.8, 4) is 0 Å². The van der Waals surface area contributed by atoms with Crippen molar-refractivity contribution in [3.05, 3.63) is 33.8 Å². The molecule has 3 nitrogen and oxygen atoms in total. The fraction of sp³-hybridized carbons (Fsp3) is 0.455. The molecule has 1 aliphatic rings. The lowest BCUT2D eigenvalue weighted by molar-refractivity contribution is 0.0784. The van der Waals surface area contributed by atoms with Gasteiger partial charge in [0.15, 0.2) is 0 Å². The van der Waals surface area contributed by atoms with Gasteiger partial charge in [-0.1, -0.05) is 35.3 Å². The third-order valence-corrected chi connectivity index (χ3v) is 3.67. The SMILES string of the molecule is NNC(c1cccc(Cl)c1Cl)C1CCCO1. The van der Waals surface area contributed by atoms with Crippen LogP contribution in [-0.4, -0.2) is 12.7 Å². The van der Waals surface area contributed by atoms with Crippen LogP contribution in [0.15, 0.2) is 18.2 Å². The van der Waals surface area contributed by atoms with E-state index < -0.39 is 0 Å². The molecule has 1 heterocycles. The standard InChI is InChI=1S/C11H14Cl2N2O/c12-8-4-1-3-7(10(8)13)11(15-14)9-5-2-6-16-9/h1,3-4,9,11,15H,2,5-6,14H2. The van der Waals surface area contributed by atoms with Gasteiger partial charge in [-0.25, -0.2) is 0 Å². The molecule has 5 heteroatoms. The average molecular weight is 261 g/mol. The summed E-state index contributed by atoms with van der Waals surface area (Å²) in [5.41, 5.74) is 3.65. The predicted molar refractivity (Wildman–Crippen MR) is 65.5 cm³/mol. The molecule has 1 fully saturated rings. The second kappa shape index (κ2) is 5.34. The summed E-state index contributed by atoms with van der Waals surface area (Å²) in [4.78, 5) is 0. The first-order chi connectivity index (χ1) is 7.74. The number of benzene rings is 1. The highest BCUT2D eigenvalue weighted by Gasteiger charge is 2.28. The van der Waals surface area contributed by atoms with Crippen LogP contribution in [-0.2, 0) is 4.74 Å². The Kier molecular flexibility index (Phi) is 4.05. The van der Waals surface area contributed by atoms with E-state index in [2.05, 4.69) is 5.43 Å². The van der Waals surface area contributed by atoms with E-state index in [4.69, 9.17) is 33.8 Å². The van der Waals surface area contributed by atoms with Crippen molar-refractivity contribution >= 4 is 23.2 Å². The first-order valence-electron chi connectivity index (χ1n) is 5.25. The lowest BCUT2D eigenvalue weighted by Gasteiger charge is -2.23. The fourth-order valence-electron chi connectivity index (χ4n) is 2.02. The largest absolute Gasteiger partial charge is 0.376 e. The third kappa shape index (κ3) is 2.34. The molecule has 0 radical (unpaired) electrons. The Labute approximate surface area is 105 Å². The van der Waals surface area contributed by atoms with Crippen molar-refractivity contribution in [3.63, 3.8) is 0 Å². The second-order valence-electron chi connectivity index (χ2n) is 3.84. The number of hydrogen-bond acceptors (Lipinski definition) is 3. The molecule has 2 unspecified atom stereocenters. The van der Waals surface area contributed by atoms with Gasteiger partial charge in [0.25, 0.3) is 0 Å². The van der Waals surface area contributed by atoms with Crippen molar-refractivity contribution in [1.29, 1.82) is 0 Å². The first-order valence-corrected chi connectivity index (χ1v) is 6.01. The summed E-state index contributed by atoms with van der Waals surface area (Å²) in [6.07, 6.45) is 2.11. The maximum absolute atomic E-state index is 6.16. The minimum atomic E-state index is -0.103. The van der Waals surface area contributed by atoms with E-state index in [0.29, 0.717) is 10.0 Å². The zero-order chi connectivity index (χ0) is 11.5.